The molecule has 0 aliphatic rings. The minimum absolute atomic E-state index is 0.440. The van der Waals surface area contributed by atoms with E-state index < -0.39 is 10.8 Å². The van der Waals surface area contributed by atoms with Gasteiger partial charge in [-0.05, 0) is 31.2 Å². The quantitative estimate of drug-likeness (QED) is 0.874. The highest BCUT2D eigenvalue weighted by Gasteiger charge is 2.13. The van der Waals surface area contributed by atoms with E-state index in [4.69, 9.17) is 10.1 Å². The number of anilines is 1. The average Bonchev–Trinajstić information content (AvgIpc) is 2.56. The highest BCUT2D eigenvalue weighted by atomic mass is 32.2. The van der Waals surface area contributed by atoms with Crippen LogP contribution in [0.4, 0.5) is 5.69 Å². The fourth-order valence-corrected chi connectivity index (χ4v) is 3.32. The van der Waals surface area contributed by atoms with E-state index in [0.717, 1.165) is 27.5 Å². The second kappa shape index (κ2) is 7.66. The van der Waals surface area contributed by atoms with Crippen LogP contribution < -0.4 is 15.1 Å². The van der Waals surface area contributed by atoms with Crippen LogP contribution in [0.25, 0.3) is 11.1 Å². The van der Waals surface area contributed by atoms with Gasteiger partial charge in [0.1, 0.15) is 11.2 Å². The molecule has 0 saturated carbocycles. The maximum Gasteiger partial charge on any atom is 0.148 e. The van der Waals surface area contributed by atoms with Crippen LogP contribution in [0.5, 0.6) is 5.75 Å². The molecule has 24 heavy (non-hydrogen) atoms. The van der Waals surface area contributed by atoms with Crippen molar-refractivity contribution in [2.45, 2.75) is 18.7 Å². The number of ether oxygens (including phenoxy) is 1. The molecule has 1 N–H and O–H groups in total. The van der Waals surface area contributed by atoms with Crippen molar-refractivity contribution >= 4 is 16.5 Å². The van der Waals surface area contributed by atoms with Gasteiger partial charge in [-0.25, -0.2) is 0 Å². The Morgan fingerprint density at radius 3 is 2.54 bits per heavy atom. The Morgan fingerprint density at radius 1 is 1.25 bits per heavy atom. The first-order valence-electron chi connectivity index (χ1n) is 7.97. The van der Waals surface area contributed by atoms with Gasteiger partial charge in [0, 0.05) is 49.1 Å². The Hall–Kier alpha value is -2.08. The molecular weight excluding hydrogens is 322 g/mol. The van der Waals surface area contributed by atoms with Crippen molar-refractivity contribution in [1.82, 2.24) is 4.57 Å². The van der Waals surface area contributed by atoms with Gasteiger partial charge in [0.15, 0.2) is 0 Å². The first kappa shape index (κ1) is 18.3. The molecule has 5 nitrogen and oxygen atoms in total. The van der Waals surface area contributed by atoms with Gasteiger partial charge in [-0.2, -0.15) is 0 Å². The van der Waals surface area contributed by atoms with Crippen molar-refractivity contribution in [3.05, 3.63) is 36.0 Å². The Bertz CT molecular complexity index is 812. The van der Waals surface area contributed by atoms with E-state index in [9.17, 15) is 4.21 Å². The van der Waals surface area contributed by atoms with Crippen LogP contribution in [0, 0.1) is 5.41 Å². The van der Waals surface area contributed by atoms with Gasteiger partial charge in [-0.1, -0.05) is 6.92 Å². The maximum atomic E-state index is 12.2. The monoisotopic (exact) mass is 347 g/mol. The Labute approximate surface area is 145 Å². The van der Waals surface area contributed by atoms with E-state index in [-0.39, 0.29) is 0 Å². The summed E-state index contributed by atoms with van der Waals surface area (Å²) in [5, 5.41) is 8.20. The smallest absolute Gasteiger partial charge is 0.148 e. The normalized spacial score (nSPS) is 12.0. The molecule has 1 heterocycles. The molecule has 0 aliphatic heterocycles. The van der Waals surface area contributed by atoms with Crippen molar-refractivity contribution in [3.8, 4) is 16.9 Å². The molecule has 2 rings (SSSR count). The third kappa shape index (κ3) is 3.70. The summed E-state index contributed by atoms with van der Waals surface area (Å²) in [6, 6.07) is 7.65. The van der Waals surface area contributed by atoms with Crippen molar-refractivity contribution in [3.63, 3.8) is 0 Å². The van der Waals surface area contributed by atoms with Crippen molar-refractivity contribution in [1.29, 1.82) is 5.41 Å². The molecule has 2 aromatic rings. The number of nitrogens with one attached hydrogen (secondary N) is 1. The van der Waals surface area contributed by atoms with Gasteiger partial charge in [0.25, 0.3) is 0 Å². The molecule has 6 heteroatoms. The van der Waals surface area contributed by atoms with E-state index in [1.165, 1.54) is 0 Å². The number of hydrogen-bond acceptors (Lipinski definition) is 4. The summed E-state index contributed by atoms with van der Waals surface area (Å²) in [4.78, 5) is 2.71. The number of aromatic nitrogens is 1. The summed E-state index contributed by atoms with van der Waals surface area (Å²) >= 11 is 0. The molecule has 0 fully saturated rings. The lowest BCUT2D eigenvalue weighted by Gasteiger charge is -2.18. The Balaban J connectivity index is 2.69. The average molecular weight is 347 g/mol. The van der Waals surface area contributed by atoms with Gasteiger partial charge in [-0.15, -0.1) is 0 Å². The number of pyridine rings is 1. The molecule has 0 saturated heterocycles. The minimum Gasteiger partial charge on any atom is -0.493 e. The molecule has 130 valence electrons. The zero-order valence-corrected chi connectivity index (χ0v) is 15.7. The first-order chi connectivity index (χ1) is 11.4. The van der Waals surface area contributed by atoms with Crippen molar-refractivity contribution in [2.75, 3.05) is 31.4 Å². The van der Waals surface area contributed by atoms with E-state index >= 15 is 0 Å². The van der Waals surface area contributed by atoms with E-state index in [1.54, 1.807) is 4.57 Å². The van der Waals surface area contributed by atoms with Crippen molar-refractivity contribution in [2.24, 2.45) is 7.05 Å². The fraction of sp³-hybridized carbons (Fsp3) is 0.389. The SMILES string of the molecule is CCOc1ccc(S(=O)CC)cc1-c1cc(N(C)C)c(=N)n(C)c1. The summed E-state index contributed by atoms with van der Waals surface area (Å²) in [5.41, 5.74) is 3.10. The molecule has 1 unspecified atom stereocenters. The number of hydrogen-bond donors (Lipinski definition) is 1. The topological polar surface area (TPSA) is 58.3 Å². The minimum atomic E-state index is -1.02. The summed E-state index contributed by atoms with van der Waals surface area (Å²) in [6.45, 7) is 4.41. The summed E-state index contributed by atoms with van der Waals surface area (Å²) in [7, 11) is 4.67. The molecule has 0 amide bonds. The maximum absolute atomic E-state index is 12.2. The number of aryl methyl sites for hydroxylation is 1. The number of benzene rings is 1. The van der Waals surface area contributed by atoms with E-state index in [1.807, 2.05) is 70.4 Å². The number of rotatable bonds is 6. The lowest BCUT2D eigenvalue weighted by molar-refractivity contribution is 0.341. The predicted octanol–water partition coefficient (Wildman–Crippen LogP) is 2.76. The molecule has 0 radical (unpaired) electrons. The molecule has 1 atom stereocenters. The van der Waals surface area contributed by atoms with E-state index in [0.29, 0.717) is 17.8 Å². The van der Waals surface area contributed by atoms with Gasteiger partial charge in [0.05, 0.1) is 23.1 Å². The van der Waals surface area contributed by atoms with Gasteiger partial charge >= 0.3 is 0 Å². The highest BCUT2D eigenvalue weighted by Crippen LogP contribution is 2.33. The van der Waals surface area contributed by atoms with Crippen LogP contribution in [-0.4, -0.2) is 35.2 Å². The Morgan fingerprint density at radius 2 is 1.96 bits per heavy atom. The third-order valence-corrected chi connectivity index (χ3v) is 5.09. The largest absolute Gasteiger partial charge is 0.493 e. The van der Waals surface area contributed by atoms with Crippen LogP contribution in [0.3, 0.4) is 0 Å². The third-order valence-electron chi connectivity index (χ3n) is 3.79. The standard InChI is InChI=1S/C18H25N3O2S/c1-6-23-17-9-8-14(24(22)7-2)11-15(17)13-10-16(20(3)4)18(19)21(5)12-13/h8-12,19H,6-7H2,1-5H3. The van der Waals surface area contributed by atoms with Crippen molar-refractivity contribution < 1.29 is 8.95 Å². The lowest BCUT2D eigenvalue weighted by atomic mass is 10.1. The predicted molar refractivity (Wildman–Crippen MR) is 99.1 cm³/mol. The van der Waals surface area contributed by atoms with Gasteiger partial charge in [0.2, 0.25) is 0 Å². The zero-order valence-electron chi connectivity index (χ0n) is 14.9. The second-order valence-electron chi connectivity index (χ2n) is 5.69. The Kier molecular flexibility index (Phi) is 5.83. The van der Waals surface area contributed by atoms with E-state index in [2.05, 4.69) is 0 Å². The molecule has 0 bridgehead atoms. The second-order valence-corrected chi connectivity index (χ2v) is 7.43. The molecule has 1 aromatic carbocycles. The lowest BCUT2D eigenvalue weighted by Crippen LogP contribution is -2.25. The van der Waals surface area contributed by atoms with Gasteiger partial charge in [-0.3, -0.25) is 9.62 Å². The summed E-state index contributed by atoms with van der Waals surface area (Å²) in [5.74, 6) is 1.34. The number of nitrogens with zero attached hydrogens (tertiary/aromatic N) is 2. The summed E-state index contributed by atoms with van der Waals surface area (Å²) in [6.07, 6.45) is 1.91. The molecule has 1 aromatic heterocycles. The van der Waals surface area contributed by atoms with Crippen LogP contribution in [0.1, 0.15) is 13.8 Å². The van der Waals surface area contributed by atoms with Crippen LogP contribution in [0.2, 0.25) is 0 Å². The highest BCUT2D eigenvalue weighted by molar-refractivity contribution is 7.85. The summed E-state index contributed by atoms with van der Waals surface area (Å²) < 4.78 is 19.7. The zero-order chi connectivity index (χ0) is 17.9. The molecule has 0 spiro atoms. The molecular formula is C18H25N3O2S. The fourth-order valence-electron chi connectivity index (χ4n) is 2.52. The van der Waals surface area contributed by atoms with Crippen LogP contribution in [0.15, 0.2) is 35.4 Å². The van der Waals surface area contributed by atoms with Gasteiger partial charge < -0.3 is 14.2 Å². The first-order valence-corrected chi connectivity index (χ1v) is 9.29. The van der Waals surface area contributed by atoms with Crippen LogP contribution in [-0.2, 0) is 17.8 Å². The molecule has 0 aliphatic carbocycles. The van der Waals surface area contributed by atoms with Crippen LogP contribution >= 0.6 is 0 Å².